The normalized spacial score (nSPS) is 9.85. The maximum absolute atomic E-state index is 10.2. The molecule has 0 amide bonds. The molecule has 1 aromatic rings. The third-order valence-electron chi connectivity index (χ3n) is 1.36. The summed E-state index contributed by atoms with van der Waals surface area (Å²) in [5.74, 6) is -1.50. The molecule has 1 heterocycles. The Bertz CT molecular complexity index is 332. The van der Waals surface area contributed by atoms with Gasteiger partial charge in [0.1, 0.15) is 0 Å². The summed E-state index contributed by atoms with van der Waals surface area (Å²) >= 11 is 0. The third-order valence-corrected chi connectivity index (χ3v) is 1.36. The zero-order chi connectivity index (χ0) is 9.84. The zero-order valence-electron chi connectivity index (χ0n) is 6.54. The number of hydrogen-bond donors (Lipinski definition) is 0. The maximum atomic E-state index is 10.2. The molecule has 0 unspecified atom stereocenters. The maximum Gasteiger partial charge on any atom is 0.389 e. The Morgan fingerprint density at radius 3 is 2.85 bits per heavy atom. The van der Waals surface area contributed by atoms with Gasteiger partial charge in [-0.05, 0) is 4.92 Å². The molecule has 7 nitrogen and oxygen atoms in total. The van der Waals surface area contributed by atoms with Gasteiger partial charge in [-0.15, -0.1) is 0 Å². The lowest BCUT2D eigenvalue weighted by Gasteiger charge is -1.97. The van der Waals surface area contributed by atoms with Crippen molar-refractivity contribution in [2.45, 2.75) is 13.0 Å². The molecule has 0 aliphatic carbocycles. The number of carbonyl (C=O) groups is 1. The molecule has 0 N–H and O–H groups in total. The summed E-state index contributed by atoms with van der Waals surface area (Å²) in [6.07, 6.45) is 1.14. The predicted molar refractivity (Wildman–Crippen MR) is 38.5 cm³/mol. The molecule has 1 aromatic heterocycles. The van der Waals surface area contributed by atoms with Crippen LogP contribution in [0, 0.1) is 10.1 Å². The van der Waals surface area contributed by atoms with E-state index < -0.39 is 10.9 Å². The van der Waals surface area contributed by atoms with E-state index in [0.29, 0.717) is 0 Å². The summed E-state index contributed by atoms with van der Waals surface area (Å²) in [7, 11) is 0. The van der Waals surface area contributed by atoms with E-state index in [4.69, 9.17) is 0 Å². The van der Waals surface area contributed by atoms with Gasteiger partial charge in [0.15, 0.2) is 0 Å². The van der Waals surface area contributed by atoms with Gasteiger partial charge in [0.05, 0.1) is 23.9 Å². The molecular weight excluding hydrogens is 178 g/mol. The van der Waals surface area contributed by atoms with Gasteiger partial charge in [0.25, 0.3) is 0 Å². The fourth-order valence-corrected chi connectivity index (χ4v) is 0.779. The molecule has 0 aliphatic rings. The summed E-state index contributed by atoms with van der Waals surface area (Å²) in [6.45, 7) is 0.0795. The molecule has 7 heteroatoms. The first-order valence-electron chi connectivity index (χ1n) is 3.47. The Morgan fingerprint density at radius 2 is 2.38 bits per heavy atom. The quantitative estimate of drug-likeness (QED) is 0.438. The van der Waals surface area contributed by atoms with E-state index in [1.54, 1.807) is 0 Å². The van der Waals surface area contributed by atoms with E-state index in [9.17, 15) is 20.0 Å². The summed E-state index contributed by atoms with van der Waals surface area (Å²) in [6, 6.07) is 1.20. The molecule has 70 valence electrons. The highest BCUT2D eigenvalue weighted by Gasteiger charge is 2.09. The molecule has 0 saturated carbocycles. The molecule has 0 fully saturated rings. The molecule has 0 aliphatic heterocycles. The lowest BCUT2D eigenvalue weighted by atomic mass is 10.4. The Hall–Kier alpha value is -1.92. The second-order valence-corrected chi connectivity index (χ2v) is 2.32. The van der Waals surface area contributed by atoms with Gasteiger partial charge < -0.3 is 20.0 Å². The van der Waals surface area contributed by atoms with Crippen LogP contribution in [0.1, 0.15) is 6.42 Å². The highest BCUT2D eigenvalue weighted by atomic mass is 16.6. The molecule has 1 rings (SSSR count). The summed E-state index contributed by atoms with van der Waals surface area (Å²) < 4.78 is 1.19. The van der Waals surface area contributed by atoms with Crippen LogP contribution in [0.3, 0.4) is 0 Å². The van der Waals surface area contributed by atoms with Crippen LogP contribution in [-0.2, 0) is 11.3 Å². The van der Waals surface area contributed by atoms with Gasteiger partial charge in [0, 0.05) is 12.4 Å². The standard InChI is InChI=1S/C6H7N3O4/c10-6(11)2-4-8-3-1-5(7-8)9(12)13/h1,3H,2,4H2,(H,10,11)/p-1. The van der Waals surface area contributed by atoms with Crippen molar-refractivity contribution in [3.63, 3.8) is 0 Å². The summed E-state index contributed by atoms with van der Waals surface area (Å²) in [5, 5.41) is 23.7. The summed E-state index contributed by atoms with van der Waals surface area (Å²) in [5.41, 5.74) is 0. The molecule has 0 atom stereocenters. The second-order valence-electron chi connectivity index (χ2n) is 2.32. The van der Waals surface area contributed by atoms with Crippen molar-refractivity contribution in [3.8, 4) is 0 Å². The average Bonchev–Trinajstić information content (AvgIpc) is 2.48. The Labute approximate surface area is 72.7 Å². The van der Waals surface area contributed by atoms with Crippen LogP contribution in [0.15, 0.2) is 12.3 Å². The molecule has 0 aromatic carbocycles. The Morgan fingerprint density at radius 1 is 1.69 bits per heavy atom. The number of aromatic nitrogens is 2. The largest absolute Gasteiger partial charge is 0.550 e. The number of rotatable bonds is 4. The van der Waals surface area contributed by atoms with Crippen LogP contribution < -0.4 is 5.11 Å². The van der Waals surface area contributed by atoms with Crippen molar-refractivity contribution in [2.24, 2.45) is 0 Å². The van der Waals surface area contributed by atoms with E-state index in [2.05, 4.69) is 5.10 Å². The molecule has 0 bridgehead atoms. The summed E-state index contributed by atoms with van der Waals surface area (Å²) in [4.78, 5) is 19.5. The molecular formula is C6H6N3O4-. The Balaban J connectivity index is 2.59. The van der Waals surface area contributed by atoms with Gasteiger partial charge in [-0.1, -0.05) is 0 Å². The zero-order valence-corrected chi connectivity index (χ0v) is 6.54. The molecule has 0 radical (unpaired) electrons. The van der Waals surface area contributed by atoms with Crippen LogP contribution >= 0.6 is 0 Å². The SMILES string of the molecule is O=C([O-])CCn1ccc([N+](=O)[O-])n1. The van der Waals surface area contributed by atoms with Gasteiger partial charge in [-0.3, -0.25) is 0 Å². The average molecular weight is 184 g/mol. The van der Waals surface area contributed by atoms with Crippen LogP contribution in [0.25, 0.3) is 0 Å². The van der Waals surface area contributed by atoms with Crippen LogP contribution in [0.2, 0.25) is 0 Å². The van der Waals surface area contributed by atoms with Crippen LogP contribution in [-0.4, -0.2) is 20.7 Å². The highest BCUT2D eigenvalue weighted by molar-refractivity contribution is 5.63. The minimum atomic E-state index is -1.21. The fraction of sp³-hybridized carbons (Fsp3) is 0.333. The van der Waals surface area contributed by atoms with Crippen LogP contribution in [0.4, 0.5) is 5.82 Å². The van der Waals surface area contributed by atoms with Crippen molar-refractivity contribution in [2.75, 3.05) is 0 Å². The first kappa shape index (κ1) is 9.17. The minimum Gasteiger partial charge on any atom is -0.550 e. The van der Waals surface area contributed by atoms with Gasteiger partial charge in [0.2, 0.25) is 0 Å². The van der Waals surface area contributed by atoms with E-state index in [1.165, 1.54) is 16.9 Å². The molecule has 13 heavy (non-hydrogen) atoms. The minimum absolute atomic E-state index is 0.0795. The lowest BCUT2D eigenvalue weighted by molar-refractivity contribution is -0.389. The van der Waals surface area contributed by atoms with Crippen molar-refractivity contribution < 1.29 is 14.8 Å². The van der Waals surface area contributed by atoms with Crippen molar-refractivity contribution in [1.82, 2.24) is 9.78 Å². The van der Waals surface area contributed by atoms with Gasteiger partial charge in [-0.2, -0.15) is 4.68 Å². The predicted octanol–water partition coefficient (Wildman–Crippen LogP) is -1.07. The number of nitrogens with zero attached hydrogens (tertiary/aromatic N) is 3. The number of aliphatic carboxylic acids is 1. The third kappa shape index (κ3) is 2.55. The molecule has 0 spiro atoms. The topological polar surface area (TPSA) is 101 Å². The monoisotopic (exact) mass is 184 g/mol. The number of hydrogen-bond acceptors (Lipinski definition) is 5. The van der Waals surface area contributed by atoms with Gasteiger partial charge in [-0.25, -0.2) is 0 Å². The van der Waals surface area contributed by atoms with Crippen molar-refractivity contribution in [1.29, 1.82) is 0 Å². The fourth-order valence-electron chi connectivity index (χ4n) is 0.779. The van der Waals surface area contributed by atoms with Crippen molar-refractivity contribution in [3.05, 3.63) is 22.4 Å². The number of carboxylic acid groups (broad SMARTS) is 1. The lowest BCUT2D eigenvalue weighted by Crippen LogP contribution is -2.23. The van der Waals surface area contributed by atoms with Gasteiger partial charge >= 0.3 is 5.82 Å². The number of carboxylic acids is 1. The van der Waals surface area contributed by atoms with E-state index in [-0.39, 0.29) is 18.8 Å². The van der Waals surface area contributed by atoms with E-state index in [1.807, 2.05) is 0 Å². The smallest absolute Gasteiger partial charge is 0.389 e. The van der Waals surface area contributed by atoms with E-state index in [0.717, 1.165) is 0 Å². The molecule has 0 saturated heterocycles. The number of aryl methyl sites for hydroxylation is 1. The second kappa shape index (κ2) is 3.65. The van der Waals surface area contributed by atoms with Crippen molar-refractivity contribution >= 4 is 11.8 Å². The van der Waals surface area contributed by atoms with E-state index >= 15 is 0 Å². The number of carbonyl (C=O) groups excluding carboxylic acids is 1. The first-order valence-corrected chi connectivity index (χ1v) is 3.47. The Kier molecular flexibility index (Phi) is 2.58. The first-order chi connectivity index (χ1) is 6.09. The highest BCUT2D eigenvalue weighted by Crippen LogP contribution is 2.05. The van der Waals surface area contributed by atoms with Crippen LogP contribution in [0.5, 0.6) is 0 Å². The number of nitro groups is 1.